The minimum atomic E-state index is -0.417. The first kappa shape index (κ1) is 30.2. The van der Waals surface area contributed by atoms with E-state index in [1.54, 1.807) is 6.08 Å². The van der Waals surface area contributed by atoms with Crippen molar-refractivity contribution in [3.8, 4) is 6.07 Å². The van der Waals surface area contributed by atoms with Gasteiger partial charge in [0.15, 0.2) is 0 Å². The van der Waals surface area contributed by atoms with Crippen LogP contribution in [0, 0.1) is 11.3 Å². The molecule has 0 radical (unpaired) electrons. The molecule has 0 spiro atoms. The largest absolute Gasteiger partial charge is 0.377 e. The zero-order valence-electron chi connectivity index (χ0n) is 23.9. The number of fused-ring (bicyclic) bond motifs is 1. The minimum Gasteiger partial charge on any atom is -0.377 e. The number of nitrogens with zero attached hydrogens (tertiary/aromatic N) is 5. The number of hydrogen-bond acceptors (Lipinski definition) is 8. The van der Waals surface area contributed by atoms with Crippen LogP contribution in [-0.2, 0) is 32.2 Å². The number of nitrogens with one attached hydrogen (secondary N) is 1. The van der Waals surface area contributed by atoms with E-state index in [0.29, 0.717) is 46.2 Å². The van der Waals surface area contributed by atoms with Crippen LogP contribution >= 0.6 is 0 Å². The predicted molar refractivity (Wildman–Crippen MR) is 158 cm³/mol. The van der Waals surface area contributed by atoms with E-state index in [4.69, 9.17) is 14.2 Å². The fourth-order valence-electron chi connectivity index (χ4n) is 4.70. The molecule has 41 heavy (non-hydrogen) atoms. The summed E-state index contributed by atoms with van der Waals surface area (Å²) in [4.78, 5) is 15.0. The molecule has 4 rings (SSSR count). The molecule has 2 aromatic carbocycles. The number of carbonyl (C=O) groups is 1. The summed E-state index contributed by atoms with van der Waals surface area (Å²) in [5.41, 5.74) is 2.93. The lowest BCUT2D eigenvalue weighted by Gasteiger charge is -2.29. The molecular weight excluding hydrogens is 520 g/mol. The van der Waals surface area contributed by atoms with Gasteiger partial charge in [0.25, 0.3) is 5.91 Å². The number of amides is 1. The first-order valence-corrected chi connectivity index (χ1v) is 14.5. The van der Waals surface area contributed by atoms with E-state index in [9.17, 15) is 10.1 Å². The predicted octanol–water partition coefficient (Wildman–Crippen LogP) is 4.10. The molecule has 0 atom stereocenters. The molecule has 1 N–H and O–H groups in total. The van der Waals surface area contributed by atoms with Gasteiger partial charge in [0.1, 0.15) is 17.3 Å². The summed E-state index contributed by atoms with van der Waals surface area (Å²) in [6.07, 6.45) is 8.31. The van der Waals surface area contributed by atoms with E-state index in [0.717, 1.165) is 48.1 Å². The number of rotatable bonds is 16. The molecule has 10 heteroatoms. The molecule has 2 heterocycles. The van der Waals surface area contributed by atoms with Gasteiger partial charge in [0.05, 0.1) is 45.8 Å². The SMILES string of the molecule is CCCn1cc(COCCOCCOCCNC(=O)/C(C#N)=C/c2ccc3cc(N4CCCCC4)ccc3c2)nn1. The number of anilines is 1. The Hall–Kier alpha value is -3.78. The highest BCUT2D eigenvalue weighted by Gasteiger charge is 2.12. The van der Waals surface area contributed by atoms with Gasteiger partial charge in [-0.2, -0.15) is 5.26 Å². The number of carbonyl (C=O) groups excluding carboxylic acids is 1. The highest BCUT2D eigenvalue weighted by molar-refractivity contribution is 6.02. The third-order valence-electron chi connectivity index (χ3n) is 6.81. The van der Waals surface area contributed by atoms with Gasteiger partial charge in [-0.3, -0.25) is 9.48 Å². The first-order valence-electron chi connectivity index (χ1n) is 14.5. The molecule has 0 saturated carbocycles. The highest BCUT2D eigenvalue weighted by Crippen LogP contribution is 2.26. The summed E-state index contributed by atoms with van der Waals surface area (Å²) in [6.45, 7) is 7.92. The van der Waals surface area contributed by atoms with Gasteiger partial charge in [0, 0.05) is 31.9 Å². The lowest BCUT2D eigenvalue weighted by Crippen LogP contribution is -2.29. The van der Waals surface area contributed by atoms with Crippen molar-refractivity contribution in [2.45, 2.75) is 45.8 Å². The molecule has 10 nitrogen and oxygen atoms in total. The van der Waals surface area contributed by atoms with Gasteiger partial charge in [-0.15, -0.1) is 5.10 Å². The summed E-state index contributed by atoms with van der Waals surface area (Å²) in [7, 11) is 0. The number of hydrogen-bond donors (Lipinski definition) is 1. The Morgan fingerprint density at radius 3 is 2.51 bits per heavy atom. The van der Waals surface area contributed by atoms with Crippen LogP contribution < -0.4 is 10.2 Å². The quantitative estimate of drug-likeness (QED) is 0.158. The Morgan fingerprint density at radius 2 is 1.73 bits per heavy atom. The normalized spacial score (nSPS) is 13.9. The second-order valence-electron chi connectivity index (χ2n) is 10.0. The van der Waals surface area contributed by atoms with E-state index in [1.165, 1.54) is 24.9 Å². The van der Waals surface area contributed by atoms with Crippen molar-refractivity contribution in [2.75, 3.05) is 57.6 Å². The Morgan fingerprint density at radius 1 is 1.00 bits per heavy atom. The number of aromatic nitrogens is 3. The van der Waals surface area contributed by atoms with Crippen LogP contribution in [0.5, 0.6) is 0 Å². The Balaban J connectivity index is 1.10. The Kier molecular flexibility index (Phi) is 12.1. The third-order valence-corrected chi connectivity index (χ3v) is 6.81. The summed E-state index contributed by atoms with van der Waals surface area (Å²) < 4.78 is 18.4. The average Bonchev–Trinajstić information content (AvgIpc) is 3.46. The van der Waals surface area contributed by atoms with Gasteiger partial charge in [-0.25, -0.2) is 0 Å². The number of ether oxygens (including phenoxy) is 3. The third kappa shape index (κ3) is 9.67. The minimum absolute atomic E-state index is 0.0607. The topological polar surface area (TPSA) is 115 Å². The van der Waals surface area contributed by atoms with Crippen LogP contribution in [0.15, 0.2) is 48.2 Å². The van der Waals surface area contributed by atoms with Crippen LogP contribution in [0.4, 0.5) is 5.69 Å². The maximum Gasteiger partial charge on any atom is 0.262 e. The number of nitriles is 1. The maximum atomic E-state index is 12.5. The van der Waals surface area contributed by atoms with Crippen LogP contribution in [-0.4, -0.2) is 73.6 Å². The zero-order chi connectivity index (χ0) is 28.7. The van der Waals surface area contributed by atoms with Crippen molar-refractivity contribution in [1.82, 2.24) is 20.3 Å². The summed E-state index contributed by atoms with van der Waals surface area (Å²) in [6, 6.07) is 14.5. The molecule has 0 bridgehead atoms. The second kappa shape index (κ2) is 16.5. The molecule has 3 aromatic rings. The maximum absolute atomic E-state index is 12.5. The lowest BCUT2D eigenvalue weighted by atomic mass is 10.0. The standard InChI is InChI=1S/C31H40N6O4/c1-2-11-37-23-29(34-35-37)24-41-18-17-40-16-15-39-14-10-33-31(38)28(22-32)20-25-6-7-27-21-30(9-8-26(27)19-25)36-12-4-3-5-13-36/h6-9,19-21,23H,2-5,10-18,24H2,1H3,(H,33,38)/b28-20+. The van der Waals surface area contributed by atoms with E-state index >= 15 is 0 Å². The molecule has 1 amide bonds. The van der Waals surface area contributed by atoms with E-state index < -0.39 is 5.91 Å². The molecule has 1 aliphatic heterocycles. The Bertz CT molecular complexity index is 1330. The van der Waals surface area contributed by atoms with Gasteiger partial charge in [-0.1, -0.05) is 30.3 Å². The smallest absolute Gasteiger partial charge is 0.262 e. The molecule has 1 saturated heterocycles. The van der Waals surface area contributed by atoms with E-state index in [2.05, 4.69) is 45.7 Å². The van der Waals surface area contributed by atoms with Gasteiger partial charge in [-0.05, 0) is 66.3 Å². The fourth-order valence-corrected chi connectivity index (χ4v) is 4.70. The average molecular weight is 561 g/mol. The first-order chi connectivity index (χ1) is 20.2. The van der Waals surface area contributed by atoms with Crippen LogP contribution in [0.25, 0.3) is 16.8 Å². The van der Waals surface area contributed by atoms with Gasteiger partial charge < -0.3 is 24.4 Å². The van der Waals surface area contributed by atoms with E-state index in [1.807, 2.05) is 35.1 Å². The molecule has 0 unspecified atom stereocenters. The van der Waals surface area contributed by atoms with Crippen molar-refractivity contribution in [1.29, 1.82) is 5.26 Å². The van der Waals surface area contributed by atoms with E-state index in [-0.39, 0.29) is 5.57 Å². The van der Waals surface area contributed by atoms with Crippen molar-refractivity contribution >= 4 is 28.4 Å². The number of piperidine rings is 1. The number of aryl methyl sites for hydroxylation is 1. The van der Waals surface area contributed by atoms with Crippen molar-refractivity contribution < 1.29 is 19.0 Å². The van der Waals surface area contributed by atoms with Crippen LogP contribution in [0.3, 0.4) is 0 Å². The molecular formula is C31H40N6O4. The Labute approximate surface area is 241 Å². The zero-order valence-corrected chi connectivity index (χ0v) is 23.9. The number of benzene rings is 2. The van der Waals surface area contributed by atoms with Gasteiger partial charge in [0.2, 0.25) is 0 Å². The van der Waals surface area contributed by atoms with Crippen molar-refractivity contribution in [3.05, 3.63) is 59.4 Å². The summed E-state index contributed by atoms with van der Waals surface area (Å²) in [5.74, 6) is -0.417. The molecule has 1 aliphatic rings. The van der Waals surface area contributed by atoms with Crippen molar-refractivity contribution in [3.63, 3.8) is 0 Å². The second-order valence-corrected chi connectivity index (χ2v) is 10.0. The van der Waals surface area contributed by atoms with Crippen LogP contribution in [0.2, 0.25) is 0 Å². The molecule has 1 aromatic heterocycles. The van der Waals surface area contributed by atoms with Crippen LogP contribution in [0.1, 0.15) is 43.9 Å². The highest BCUT2D eigenvalue weighted by atomic mass is 16.5. The van der Waals surface area contributed by atoms with Gasteiger partial charge >= 0.3 is 0 Å². The lowest BCUT2D eigenvalue weighted by molar-refractivity contribution is -0.117. The molecule has 218 valence electrons. The summed E-state index contributed by atoms with van der Waals surface area (Å²) in [5, 5.41) is 22.6. The molecule has 1 fully saturated rings. The summed E-state index contributed by atoms with van der Waals surface area (Å²) >= 11 is 0. The monoisotopic (exact) mass is 560 g/mol. The molecule has 0 aliphatic carbocycles. The van der Waals surface area contributed by atoms with Crippen molar-refractivity contribution in [2.24, 2.45) is 0 Å². The fraction of sp³-hybridized carbons (Fsp3) is 0.484.